The fraction of sp³-hybridized carbons (Fsp3) is 0.846. The quantitative estimate of drug-likeness (QED) is 0.740. The number of aliphatic hydroxyl groups is 1. The summed E-state index contributed by atoms with van der Waals surface area (Å²) in [4.78, 5) is 0. The van der Waals surface area contributed by atoms with Gasteiger partial charge in [0, 0.05) is 29.9 Å². The van der Waals surface area contributed by atoms with Gasteiger partial charge in [0.1, 0.15) is 0 Å². The molecule has 0 aromatic rings. The zero-order chi connectivity index (χ0) is 11.4. The highest BCUT2D eigenvalue weighted by Gasteiger charge is 2.27. The van der Waals surface area contributed by atoms with Crippen LogP contribution in [-0.2, 0) is 0 Å². The van der Waals surface area contributed by atoms with E-state index in [1.54, 1.807) is 0 Å². The molecule has 2 rings (SSSR count). The van der Waals surface area contributed by atoms with Crippen molar-refractivity contribution in [3.63, 3.8) is 0 Å². The van der Waals surface area contributed by atoms with Crippen LogP contribution in [0.3, 0.4) is 0 Å². The van der Waals surface area contributed by atoms with E-state index in [2.05, 4.69) is 23.7 Å². The topological polar surface area (TPSA) is 32.3 Å². The van der Waals surface area contributed by atoms with Gasteiger partial charge < -0.3 is 10.4 Å². The third-order valence-electron chi connectivity index (χ3n) is 3.84. The maximum Gasteiger partial charge on any atom is 0.0494 e. The maximum atomic E-state index is 9.10. The lowest BCUT2D eigenvalue weighted by Crippen LogP contribution is -2.44. The van der Waals surface area contributed by atoms with E-state index in [4.69, 9.17) is 5.11 Å². The van der Waals surface area contributed by atoms with Crippen LogP contribution in [0.2, 0.25) is 0 Å². The van der Waals surface area contributed by atoms with E-state index in [1.165, 1.54) is 25.7 Å². The molecule has 2 aliphatic carbocycles. The number of hydrogen-bond acceptors (Lipinski definition) is 3. The van der Waals surface area contributed by atoms with Crippen LogP contribution in [-0.4, -0.2) is 35.3 Å². The molecule has 0 radical (unpaired) electrons. The Bertz CT molecular complexity index is 244. The molecule has 0 amide bonds. The summed E-state index contributed by atoms with van der Waals surface area (Å²) in [6.07, 6.45) is 13.2. The zero-order valence-corrected chi connectivity index (χ0v) is 10.9. The first-order valence-electron chi connectivity index (χ1n) is 6.41. The highest BCUT2D eigenvalue weighted by molar-refractivity contribution is 7.99. The number of rotatable bonds is 4. The number of aliphatic hydroxyl groups excluding tert-OH is 1. The van der Waals surface area contributed by atoms with Crippen molar-refractivity contribution < 1.29 is 5.11 Å². The summed E-state index contributed by atoms with van der Waals surface area (Å²) in [6, 6.07) is 1.17. The normalized spacial score (nSPS) is 39.1. The Morgan fingerprint density at radius 2 is 2.12 bits per heavy atom. The van der Waals surface area contributed by atoms with Gasteiger partial charge in [-0.25, -0.2) is 0 Å². The van der Waals surface area contributed by atoms with Crippen LogP contribution in [0.4, 0.5) is 0 Å². The molecule has 2 aliphatic rings. The lowest BCUT2D eigenvalue weighted by atomic mass is 9.94. The Kier molecular flexibility index (Phi) is 4.74. The van der Waals surface area contributed by atoms with Crippen molar-refractivity contribution in [2.24, 2.45) is 5.92 Å². The molecule has 1 saturated carbocycles. The molecule has 16 heavy (non-hydrogen) atoms. The third-order valence-corrected chi connectivity index (χ3v) is 5.01. The smallest absolute Gasteiger partial charge is 0.0494 e. The van der Waals surface area contributed by atoms with Crippen LogP contribution in [0.25, 0.3) is 0 Å². The molecule has 3 heteroatoms. The lowest BCUT2D eigenvalue weighted by Gasteiger charge is -2.33. The minimum atomic E-state index is 0.297. The van der Waals surface area contributed by atoms with Crippen molar-refractivity contribution >= 4 is 11.8 Å². The molecule has 0 bridgehead atoms. The van der Waals surface area contributed by atoms with E-state index < -0.39 is 0 Å². The van der Waals surface area contributed by atoms with E-state index >= 15 is 0 Å². The Labute approximate surface area is 103 Å². The molecule has 4 atom stereocenters. The van der Waals surface area contributed by atoms with Gasteiger partial charge in [-0.3, -0.25) is 0 Å². The molecule has 1 fully saturated rings. The van der Waals surface area contributed by atoms with Gasteiger partial charge in [0.05, 0.1) is 0 Å². The summed E-state index contributed by atoms with van der Waals surface area (Å²) in [6.45, 7) is 0.297. The van der Waals surface area contributed by atoms with Crippen molar-refractivity contribution in [1.29, 1.82) is 0 Å². The SMILES string of the molecule is CSC1CCCCC1N[C@@H]1C=C[C@H](CO)C1. The minimum Gasteiger partial charge on any atom is -0.396 e. The second-order valence-electron chi connectivity index (χ2n) is 5.00. The molecule has 92 valence electrons. The highest BCUT2D eigenvalue weighted by Crippen LogP contribution is 2.28. The summed E-state index contributed by atoms with van der Waals surface area (Å²) in [5, 5.41) is 13.7. The molecule has 0 heterocycles. The Morgan fingerprint density at radius 1 is 1.31 bits per heavy atom. The minimum absolute atomic E-state index is 0.297. The van der Waals surface area contributed by atoms with Gasteiger partial charge in [-0.05, 0) is 25.5 Å². The maximum absolute atomic E-state index is 9.10. The van der Waals surface area contributed by atoms with Gasteiger partial charge in [-0.15, -0.1) is 0 Å². The van der Waals surface area contributed by atoms with E-state index in [1.807, 2.05) is 11.8 Å². The molecule has 0 saturated heterocycles. The Hall–Kier alpha value is 0.01000. The van der Waals surface area contributed by atoms with Gasteiger partial charge in [0.15, 0.2) is 0 Å². The Balaban J connectivity index is 1.82. The molecule has 2 N–H and O–H groups in total. The average Bonchev–Trinajstić information content (AvgIpc) is 2.77. The van der Waals surface area contributed by atoms with Crippen molar-refractivity contribution in [1.82, 2.24) is 5.32 Å². The predicted octanol–water partition coefficient (Wildman–Crippen LogP) is 2.19. The Morgan fingerprint density at radius 3 is 2.81 bits per heavy atom. The van der Waals surface area contributed by atoms with Crippen molar-refractivity contribution in [2.75, 3.05) is 12.9 Å². The fourth-order valence-corrected chi connectivity index (χ4v) is 3.82. The molecule has 0 aromatic heterocycles. The highest BCUT2D eigenvalue weighted by atomic mass is 32.2. The van der Waals surface area contributed by atoms with E-state index in [9.17, 15) is 0 Å². The molecule has 2 nitrogen and oxygen atoms in total. The predicted molar refractivity (Wildman–Crippen MR) is 70.8 cm³/mol. The van der Waals surface area contributed by atoms with Crippen LogP contribution in [0.5, 0.6) is 0 Å². The zero-order valence-electron chi connectivity index (χ0n) is 10.1. The second kappa shape index (κ2) is 6.08. The van der Waals surface area contributed by atoms with Crippen molar-refractivity contribution in [2.45, 2.75) is 49.4 Å². The second-order valence-corrected chi connectivity index (χ2v) is 6.08. The van der Waals surface area contributed by atoms with Crippen molar-refractivity contribution in [3.8, 4) is 0 Å². The van der Waals surface area contributed by atoms with Gasteiger partial charge in [0.25, 0.3) is 0 Å². The van der Waals surface area contributed by atoms with Gasteiger partial charge in [0.2, 0.25) is 0 Å². The summed E-state index contributed by atoms with van der Waals surface area (Å²) < 4.78 is 0. The average molecular weight is 241 g/mol. The number of hydrogen-bond donors (Lipinski definition) is 2. The lowest BCUT2D eigenvalue weighted by molar-refractivity contribution is 0.242. The van der Waals surface area contributed by atoms with Crippen molar-refractivity contribution in [3.05, 3.63) is 12.2 Å². The van der Waals surface area contributed by atoms with Gasteiger partial charge >= 0.3 is 0 Å². The van der Waals surface area contributed by atoms with E-state index in [-0.39, 0.29) is 0 Å². The molecular formula is C13H23NOS. The summed E-state index contributed by atoms with van der Waals surface area (Å²) in [7, 11) is 0. The number of thioether (sulfide) groups is 1. The molecule has 0 spiro atoms. The monoisotopic (exact) mass is 241 g/mol. The summed E-state index contributed by atoms with van der Waals surface area (Å²) >= 11 is 2.01. The van der Waals surface area contributed by atoms with Crippen LogP contribution in [0.1, 0.15) is 32.1 Å². The van der Waals surface area contributed by atoms with E-state index in [0.29, 0.717) is 24.6 Å². The third kappa shape index (κ3) is 3.02. The van der Waals surface area contributed by atoms with Crippen LogP contribution >= 0.6 is 11.8 Å². The van der Waals surface area contributed by atoms with Gasteiger partial charge in [-0.2, -0.15) is 11.8 Å². The first-order valence-corrected chi connectivity index (χ1v) is 7.70. The molecule has 0 aliphatic heterocycles. The van der Waals surface area contributed by atoms with Crippen LogP contribution < -0.4 is 5.32 Å². The van der Waals surface area contributed by atoms with E-state index in [0.717, 1.165) is 11.7 Å². The first-order chi connectivity index (χ1) is 7.83. The molecule has 0 aromatic carbocycles. The number of nitrogens with one attached hydrogen (secondary N) is 1. The van der Waals surface area contributed by atoms with Crippen LogP contribution in [0, 0.1) is 5.92 Å². The van der Waals surface area contributed by atoms with Crippen LogP contribution in [0.15, 0.2) is 12.2 Å². The first kappa shape index (κ1) is 12.5. The fourth-order valence-electron chi connectivity index (χ4n) is 2.88. The molecular weight excluding hydrogens is 218 g/mol. The van der Waals surface area contributed by atoms with Gasteiger partial charge in [-0.1, -0.05) is 25.0 Å². The summed E-state index contributed by atoms with van der Waals surface area (Å²) in [5.41, 5.74) is 0. The summed E-state index contributed by atoms with van der Waals surface area (Å²) in [5.74, 6) is 0.383. The largest absolute Gasteiger partial charge is 0.396 e. The molecule has 2 unspecified atom stereocenters. The standard InChI is InChI=1S/C13H23NOS/c1-16-13-5-3-2-4-12(13)14-11-7-6-10(8-11)9-15/h6-7,10-15H,2-5,8-9H2,1H3/t10-,11+,12?,13?/m0/s1.